The third-order valence-corrected chi connectivity index (χ3v) is 4.95. The Morgan fingerprint density at radius 3 is 2.34 bits per heavy atom. The molecule has 1 saturated heterocycles. The lowest BCUT2D eigenvalue weighted by Crippen LogP contribution is -2.47. The largest absolute Gasteiger partial charge is 0.455 e. The summed E-state index contributed by atoms with van der Waals surface area (Å²) in [6.45, 7) is 5.52. The number of hydrogen-bond donors (Lipinski definition) is 2. The van der Waals surface area contributed by atoms with Crippen molar-refractivity contribution in [2.24, 2.45) is 5.92 Å². The average molecular weight is 411 g/mol. The number of ether oxygens (including phenoxy) is 2. The number of piperidine rings is 1. The molecule has 2 N–H and O–H groups in total. The summed E-state index contributed by atoms with van der Waals surface area (Å²) in [5.74, 6) is -1.74. The number of carbonyl (C=O) groups excluding carboxylic acids is 4. The zero-order valence-electron chi connectivity index (χ0n) is 17.6. The average Bonchev–Trinajstić information content (AvgIpc) is 2.65. The number of likely N-dealkylation sites (tertiary alicyclic amines) is 1. The van der Waals surface area contributed by atoms with Gasteiger partial charge in [0.1, 0.15) is 5.60 Å². The Labute approximate surface area is 171 Å². The number of nitrogens with one attached hydrogen (secondary N) is 2. The van der Waals surface area contributed by atoms with Crippen LogP contribution >= 0.6 is 0 Å². The van der Waals surface area contributed by atoms with Gasteiger partial charge in [-0.2, -0.15) is 0 Å². The van der Waals surface area contributed by atoms with Crippen LogP contribution in [0.2, 0.25) is 0 Å². The highest BCUT2D eigenvalue weighted by atomic mass is 16.6. The van der Waals surface area contributed by atoms with Crippen LogP contribution in [-0.4, -0.2) is 60.2 Å². The lowest BCUT2D eigenvalue weighted by molar-refractivity contribution is -0.153. The van der Waals surface area contributed by atoms with Crippen LogP contribution in [0, 0.1) is 5.92 Å². The highest BCUT2D eigenvalue weighted by Crippen LogP contribution is 2.20. The van der Waals surface area contributed by atoms with E-state index in [1.807, 2.05) is 0 Å². The van der Waals surface area contributed by atoms with Crippen LogP contribution in [0.5, 0.6) is 0 Å². The van der Waals surface area contributed by atoms with E-state index in [1.54, 1.807) is 20.8 Å². The van der Waals surface area contributed by atoms with E-state index in [9.17, 15) is 19.2 Å². The minimum atomic E-state index is -0.675. The smallest absolute Gasteiger partial charge is 0.410 e. The summed E-state index contributed by atoms with van der Waals surface area (Å²) in [5.41, 5.74) is -0.610. The molecule has 1 heterocycles. The number of urea groups is 1. The standard InChI is InChI=1S/C20H33N3O6/c1-20(2,3)29-19(27)23-11-7-8-14(12-23)17(25)28-13-16(24)22-18(26)21-15-9-5-4-6-10-15/h14-15H,4-13H2,1-3H3,(H2,21,22,24,26). The first kappa shape index (κ1) is 23.0. The van der Waals surface area contributed by atoms with Gasteiger partial charge in [-0.05, 0) is 46.5 Å². The minimum absolute atomic E-state index is 0.0835. The van der Waals surface area contributed by atoms with Crippen LogP contribution < -0.4 is 10.6 Å². The number of imide groups is 1. The summed E-state index contributed by atoms with van der Waals surface area (Å²) in [6.07, 6.45) is 5.88. The summed E-state index contributed by atoms with van der Waals surface area (Å²) >= 11 is 0. The molecule has 0 bridgehead atoms. The molecular weight excluding hydrogens is 378 g/mol. The van der Waals surface area contributed by atoms with Crippen molar-refractivity contribution in [1.29, 1.82) is 0 Å². The Kier molecular flexibility index (Phi) is 8.28. The second-order valence-corrected chi connectivity index (χ2v) is 8.73. The maximum atomic E-state index is 12.3. The Morgan fingerprint density at radius 1 is 1.00 bits per heavy atom. The second kappa shape index (κ2) is 10.5. The lowest BCUT2D eigenvalue weighted by atomic mass is 9.96. The van der Waals surface area contributed by atoms with E-state index in [2.05, 4.69) is 10.6 Å². The van der Waals surface area contributed by atoms with Gasteiger partial charge in [-0.3, -0.25) is 14.9 Å². The van der Waals surface area contributed by atoms with Gasteiger partial charge in [0.05, 0.1) is 5.92 Å². The molecule has 0 aromatic heterocycles. The molecule has 1 aliphatic carbocycles. The fraction of sp³-hybridized carbons (Fsp3) is 0.800. The lowest BCUT2D eigenvalue weighted by Gasteiger charge is -2.33. The summed E-state index contributed by atoms with van der Waals surface area (Å²) < 4.78 is 10.4. The van der Waals surface area contributed by atoms with E-state index >= 15 is 0 Å². The summed E-state index contributed by atoms with van der Waals surface area (Å²) in [6, 6.07) is -0.480. The van der Waals surface area contributed by atoms with Crippen molar-refractivity contribution in [3.63, 3.8) is 0 Å². The second-order valence-electron chi connectivity index (χ2n) is 8.73. The van der Waals surface area contributed by atoms with Crippen LogP contribution in [0.15, 0.2) is 0 Å². The molecule has 9 heteroatoms. The van der Waals surface area contributed by atoms with Gasteiger partial charge >= 0.3 is 18.1 Å². The zero-order chi connectivity index (χ0) is 21.4. The van der Waals surface area contributed by atoms with Crippen LogP contribution in [0.3, 0.4) is 0 Å². The molecule has 0 spiro atoms. The third kappa shape index (κ3) is 8.29. The van der Waals surface area contributed by atoms with Crippen LogP contribution in [-0.2, 0) is 19.1 Å². The summed E-state index contributed by atoms with van der Waals surface area (Å²) in [4.78, 5) is 49.7. The van der Waals surface area contributed by atoms with Crippen LogP contribution in [0.1, 0.15) is 65.7 Å². The minimum Gasteiger partial charge on any atom is -0.455 e. The normalized spacial score (nSPS) is 20.5. The fourth-order valence-corrected chi connectivity index (χ4v) is 3.55. The molecule has 1 saturated carbocycles. The highest BCUT2D eigenvalue weighted by molar-refractivity contribution is 5.95. The Balaban J connectivity index is 1.71. The first-order chi connectivity index (χ1) is 13.6. The number of esters is 1. The third-order valence-electron chi connectivity index (χ3n) is 4.95. The fourth-order valence-electron chi connectivity index (χ4n) is 3.55. The van der Waals surface area contributed by atoms with Gasteiger partial charge in [0.25, 0.3) is 5.91 Å². The van der Waals surface area contributed by atoms with E-state index in [1.165, 1.54) is 11.3 Å². The maximum absolute atomic E-state index is 12.3. The van der Waals surface area contributed by atoms with E-state index in [0.717, 1.165) is 25.7 Å². The Hall–Kier alpha value is -2.32. The molecule has 0 aromatic carbocycles. The van der Waals surface area contributed by atoms with Crippen molar-refractivity contribution in [2.75, 3.05) is 19.7 Å². The van der Waals surface area contributed by atoms with Crippen molar-refractivity contribution in [1.82, 2.24) is 15.5 Å². The molecule has 1 aliphatic heterocycles. The van der Waals surface area contributed by atoms with Crippen molar-refractivity contribution < 1.29 is 28.7 Å². The van der Waals surface area contributed by atoms with Crippen LogP contribution in [0.4, 0.5) is 9.59 Å². The molecule has 29 heavy (non-hydrogen) atoms. The summed E-state index contributed by atoms with van der Waals surface area (Å²) in [7, 11) is 0. The molecule has 9 nitrogen and oxygen atoms in total. The monoisotopic (exact) mass is 411 g/mol. The molecule has 4 amide bonds. The molecule has 164 valence electrons. The van der Waals surface area contributed by atoms with Gasteiger partial charge in [0.2, 0.25) is 0 Å². The topological polar surface area (TPSA) is 114 Å². The summed E-state index contributed by atoms with van der Waals surface area (Å²) in [5, 5.41) is 4.96. The zero-order valence-corrected chi connectivity index (χ0v) is 17.6. The van der Waals surface area contributed by atoms with E-state index in [-0.39, 0.29) is 12.6 Å². The number of amides is 4. The molecule has 2 rings (SSSR count). The molecule has 0 aromatic rings. The van der Waals surface area contributed by atoms with E-state index < -0.39 is 42.1 Å². The first-order valence-corrected chi connectivity index (χ1v) is 10.4. The molecule has 0 radical (unpaired) electrons. The predicted octanol–water partition coefficient (Wildman–Crippen LogP) is 2.34. The SMILES string of the molecule is CC(C)(C)OC(=O)N1CCCC(C(=O)OCC(=O)NC(=O)NC2CCCCC2)C1. The molecular formula is C20H33N3O6. The molecule has 2 fully saturated rings. The Bertz CT molecular complexity index is 610. The number of rotatable bonds is 4. The molecule has 1 unspecified atom stereocenters. The van der Waals surface area contributed by atoms with Gasteiger partial charge in [0.15, 0.2) is 6.61 Å². The Morgan fingerprint density at radius 2 is 1.69 bits per heavy atom. The highest BCUT2D eigenvalue weighted by Gasteiger charge is 2.32. The van der Waals surface area contributed by atoms with E-state index in [4.69, 9.17) is 9.47 Å². The number of carbonyl (C=O) groups is 4. The number of hydrogen-bond acceptors (Lipinski definition) is 6. The van der Waals surface area contributed by atoms with Gasteiger partial charge in [-0.1, -0.05) is 19.3 Å². The quantitative estimate of drug-likeness (QED) is 0.687. The van der Waals surface area contributed by atoms with Gasteiger partial charge in [0, 0.05) is 19.1 Å². The van der Waals surface area contributed by atoms with Crippen molar-refractivity contribution in [3.05, 3.63) is 0 Å². The predicted molar refractivity (Wildman–Crippen MR) is 105 cm³/mol. The van der Waals surface area contributed by atoms with Gasteiger partial charge < -0.3 is 19.7 Å². The van der Waals surface area contributed by atoms with Crippen molar-refractivity contribution >= 4 is 24.0 Å². The molecule has 1 atom stereocenters. The van der Waals surface area contributed by atoms with Crippen molar-refractivity contribution in [3.8, 4) is 0 Å². The van der Waals surface area contributed by atoms with Crippen LogP contribution in [0.25, 0.3) is 0 Å². The van der Waals surface area contributed by atoms with Crippen molar-refractivity contribution in [2.45, 2.75) is 77.4 Å². The van der Waals surface area contributed by atoms with E-state index in [0.29, 0.717) is 19.4 Å². The number of nitrogens with zero attached hydrogens (tertiary/aromatic N) is 1. The first-order valence-electron chi connectivity index (χ1n) is 10.4. The maximum Gasteiger partial charge on any atom is 0.410 e. The van der Waals surface area contributed by atoms with Gasteiger partial charge in [-0.25, -0.2) is 9.59 Å². The van der Waals surface area contributed by atoms with Gasteiger partial charge in [-0.15, -0.1) is 0 Å². The molecule has 2 aliphatic rings.